The highest BCUT2D eigenvalue weighted by molar-refractivity contribution is 5.07. The smallest absolute Gasteiger partial charge is 0.108 e. The number of piperidine rings is 1. The van der Waals surface area contributed by atoms with Gasteiger partial charge in [0.15, 0.2) is 0 Å². The Hall–Kier alpha value is -0.160. The Labute approximate surface area is 133 Å². The number of hydrogen-bond acceptors (Lipinski definition) is 4. The molecule has 3 N–H and O–H groups in total. The van der Waals surface area contributed by atoms with E-state index in [4.69, 9.17) is 0 Å². The van der Waals surface area contributed by atoms with Gasteiger partial charge in [0.25, 0.3) is 0 Å². The van der Waals surface area contributed by atoms with Crippen LogP contribution in [-0.2, 0) is 0 Å². The van der Waals surface area contributed by atoms with Crippen molar-refractivity contribution >= 4 is 0 Å². The molecule has 1 heterocycles. The number of hydrogen-bond donors (Lipinski definition) is 3. The molecule has 0 amide bonds. The molecule has 0 aromatic rings. The molecule has 4 nitrogen and oxygen atoms in total. The minimum Gasteiger partial charge on any atom is -0.389 e. The van der Waals surface area contributed by atoms with E-state index in [0.29, 0.717) is 18.0 Å². The highest BCUT2D eigenvalue weighted by Gasteiger charge is 2.55. The van der Waals surface area contributed by atoms with Crippen LogP contribution in [0.3, 0.4) is 0 Å². The van der Waals surface area contributed by atoms with E-state index in [2.05, 4.69) is 11.8 Å². The summed E-state index contributed by atoms with van der Waals surface area (Å²) in [5.74, 6) is 2.73. The van der Waals surface area contributed by atoms with Gasteiger partial charge in [0.2, 0.25) is 0 Å². The summed E-state index contributed by atoms with van der Waals surface area (Å²) in [7, 11) is 0. The highest BCUT2D eigenvalue weighted by Crippen LogP contribution is 2.62. The van der Waals surface area contributed by atoms with Crippen molar-refractivity contribution in [3.63, 3.8) is 0 Å². The number of aliphatic hydroxyl groups is 3. The van der Waals surface area contributed by atoms with Crippen LogP contribution >= 0.6 is 0 Å². The molecular formula is C18H31NO3. The number of rotatable bonds is 2. The second-order valence-electron chi connectivity index (χ2n) is 8.94. The Bertz CT molecular complexity index is 405. The zero-order chi connectivity index (χ0) is 15.6. The van der Waals surface area contributed by atoms with Crippen molar-refractivity contribution in [1.29, 1.82) is 0 Å². The van der Waals surface area contributed by atoms with Gasteiger partial charge in [0.05, 0.1) is 12.2 Å². The van der Waals surface area contributed by atoms with Gasteiger partial charge in [-0.15, -0.1) is 0 Å². The van der Waals surface area contributed by atoms with E-state index in [-0.39, 0.29) is 6.04 Å². The van der Waals surface area contributed by atoms with Crippen molar-refractivity contribution in [2.75, 3.05) is 6.54 Å². The molecule has 5 rings (SSSR count). The van der Waals surface area contributed by atoms with Crippen molar-refractivity contribution in [2.24, 2.45) is 23.2 Å². The Morgan fingerprint density at radius 3 is 1.91 bits per heavy atom. The Morgan fingerprint density at radius 2 is 1.41 bits per heavy atom. The van der Waals surface area contributed by atoms with E-state index in [1.54, 1.807) is 0 Å². The van der Waals surface area contributed by atoms with Crippen LogP contribution in [-0.4, -0.2) is 57.2 Å². The summed E-state index contributed by atoms with van der Waals surface area (Å²) < 4.78 is 0. The second-order valence-corrected chi connectivity index (χ2v) is 8.94. The molecule has 4 heteroatoms. The molecule has 22 heavy (non-hydrogen) atoms. The van der Waals surface area contributed by atoms with Gasteiger partial charge < -0.3 is 15.3 Å². The Kier molecular flexibility index (Phi) is 3.61. The largest absolute Gasteiger partial charge is 0.389 e. The summed E-state index contributed by atoms with van der Waals surface area (Å²) in [5, 5.41) is 30.3. The highest BCUT2D eigenvalue weighted by atomic mass is 16.4. The molecule has 4 saturated carbocycles. The van der Waals surface area contributed by atoms with Crippen molar-refractivity contribution in [1.82, 2.24) is 4.90 Å². The van der Waals surface area contributed by atoms with Crippen molar-refractivity contribution < 1.29 is 15.3 Å². The van der Waals surface area contributed by atoms with Crippen LogP contribution in [0.2, 0.25) is 0 Å². The van der Waals surface area contributed by atoms with Crippen LogP contribution in [0.4, 0.5) is 0 Å². The summed E-state index contributed by atoms with van der Waals surface area (Å²) in [6, 6.07) is 0.300. The topological polar surface area (TPSA) is 63.9 Å². The first-order chi connectivity index (χ1) is 10.4. The molecule has 4 aliphatic carbocycles. The van der Waals surface area contributed by atoms with E-state index in [0.717, 1.165) is 17.8 Å². The van der Waals surface area contributed by atoms with Crippen LogP contribution in [0, 0.1) is 23.2 Å². The van der Waals surface area contributed by atoms with Gasteiger partial charge >= 0.3 is 0 Å². The maximum absolute atomic E-state index is 10.3. The molecule has 1 aliphatic heterocycles. The molecule has 4 bridgehead atoms. The lowest BCUT2D eigenvalue weighted by atomic mass is 9.47. The van der Waals surface area contributed by atoms with Crippen LogP contribution in [0.5, 0.6) is 0 Å². The summed E-state index contributed by atoms with van der Waals surface area (Å²) in [4.78, 5) is 2.29. The first-order valence-corrected chi connectivity index (χ1v) is 9.19. The van der Waals surface area contributed by atoms with Crippen molar-refractivity contribution in [3.05, 3.63) is 0 Å². The fourth-order valence-corrected chi connectivity index (χ4v) is 6.75. The lowest BCUT2D eigenvalue weighted by molar-refractivity contribution is -0.170. The average molecular weight is 309 g/mol. The minimum absolute atomic E-state index is 0.0820. The maximum Gasteiger partial charge on any atom is 0.108 e. The predicted molar refractivity (Wildman–Crippen MR) is 84.3 cm³/mol. The second kappa shape index (κ2) is 5.17. The first-order valence-electron chi connectivity index (χ1n) is 9.19. The molecule has 5 aliphatic rings. The van der Waals surface area contributed by atoms with Gasteiger partial charge in [0.1, 0.15) is 6.10 Å². The number of β-amino-alcohol motifs (C(OH)–C–C–N with tert-alkyl or cyclic N) is 1. The standard InChI is InChI=1S/C18H31NO3/c1-10-16(21)17(22)15(20)9-19(10)11(2)18-6-12-3-13(7-18)5-14(4-12)8-18/h10-17,20-22H,3-9H2,1-2H3/t10-,11?,12?,13?,14?,15+,16-,17-,18?/m1/s1. The van der Waals surface area contributed by atoms with Gasteiger partial charge in [-0.1, -0.05) is 0 Å². The Balaban J connectivity index is 1.57. The summed E-state index contributed by atoms with van der Waals surface area (Å²) in [6.45, 7) is 4.79. The monoisotopic (exact) mass is 309 g/mol. The maximum atomic E-state index is 10.3. The predicted octanol–water partition coefficient (Wildman–Crippen LogP) is 1.38. The van der Waals surface area contributed by atoms with Gasteiger partial charge in [-0.3, -0.25) is 4.90 Å². The zero-order valence-corrected chi connectivity index (χ0v) is 13.9. The van der Waals surface area contributed by atoms with Crippen LogP contribution < -0.4 is 0 Å². The third kappa shape index (κ3) is 2.18. The molecule has 5 atom stereocenters. The molecule has 0 aromatic heterocycles. The van der Waals surface area contributed by atoms with E-state index in [9.17, 15) is 15.3 Å². The molecule has 5 fully saturated rings. The Morgan fingerprint density at radius 1 is 0.909 bits per heavy atom. The van der Waals surface area contributed by atoms with E-state index >= 15 is 0 Å². The SMILES string of the molecule is CC(N1C[C@H](O)[C@@H](O)[C@H](O)[C@H]1C)C12CC3CC(CC(C3)C1)C2. The van der Waals surface area contributed by atoms with E-state index < -0.39 is 18.3 Å². The molecule has 0 aromatic carbocycles. The van der Waals surface area contributed by atoms with Crippen LogP contribution in [0.15, 0.2) is 0 Å². The molecule has 0 radical (unpaired) electrons. The molecule has 1 saturated heterocycles. The number of aliphatic hydroxyl groups excluding tert-OH is 3. The summed E-state index contributed by atoms with van der Waals surface area (Å²) in [6.07, 6.45) is 5.62. The molecular weight excluding hydrogens is 278 g/mol. The van der Waals surface area contributed by atoms with Crippen LogP contribution in [0.25, 0.3) is 0 Å². The molecule has 126 valence electrons. The molecule has 0 spiro atoms. The lowest BCUT2D eigenvalue weighted by Crippen LogP contribution is -2.66. The normalized spacial score (nSPS) is 56.3. The van der Waals surface area contributed by atoms with Gasteiger partial charge in [0, 0.05) is 18.6 Å². The minimum atomic E-state index is -1.00. The summed E-state index contributed by atoms with van der Waals surface area (Å²) >= 11 is 0. The zero-order valence-electron chi connectivity index (χ0n) is 13.9. The van der Waals surface area contributed by atoms with Crippen molar-refractivity contribution in [3.8, 4) is 0 Å². The third-order valence-electron chi connectivity index (χ3n) is 7.63. The van der Waals surface area contributed by atoms with Gasteiger partial charge in [-0.25, -0.2) is 0 Å². The summed E-state index contributed by atoms with van der Waals surface area (Å²) in [5.41, 5.74) is 0.380. The number of nitrogens with zero attached hydrogens (tertiary/aromatic N) is 1. The fourth-order valence-electron chi connectivity index (χ4n) is 6.75. The van der Waals surface area contributed by atoms with Crippen molar-refractivity contribution in [2.45, 2.75) is 82.8 Å². The quantitative estimate of drug-likeness (QED) is 0.721. The molecule has 1 unspecified atom stereocenters. The first kappa shape index (κ1) is 15.4. The van der Waals surface area contributed by atoms with E-state index in [1.807, 2.05) is 6.92 Å². The van der Waals surface area contributed by atoms with E-state index in [1.165, 1.54) is 38.5 Å². The fraction of sp³-hybridized carbons (Fsp3) is 1.00. The third-order valence-corrected chi connectivity index (χ3v) is 7.63. The van der Waals surface area contributed by atoms with Gasteiger partial charge in [-0.05, 0) is 75.5 Å². The number of likely N-dealkylation sites (tertiary alicyclic amines) is 1. The lowest BCUT2D eigenvalue weighted by Gasteiger charge is -2.62. The van der Waals surface area contributed by atoms with Gasteiger partial charge in [-0.2, -0.15) is 0 Å². The average Bonchev–Trinajstić information content (AvgIpc) is 2.47. The van der Waals surface area contributed by atoms with Crippen LogP contribution in [0.1, 0.15) is 52.4 Å².